The minimum absolute atomic E-state index is 0.248. The van der Waals surface area contributed by atoms with Crippen LogP contribution in [-0.4, -0.2) is 18.2 Å². The summed E-state index contributed by atoms with van der Waals surface area (Å²) in [4.78, 5) is 0. The van der Waals surface area contributed by atoms with E-state index in [1.54, 1.807) is 0 Å². The summed E-state index contributed by atoms with van der Waals surface area (Å²) >= 11 is 0. The Hall–Kier alpha value is -0.860. The summed E-state index contributed by atoms with van der Waals surface area (Å²) in [7, 11) is 0. The lowest BCUT2D eigenvalue weighted by atomic mass is 9.83. The van der Waals surface area contributed by atoms with E-state index in [0.717, 1.165) is 6.54 Å². The predicted molar refractivity (Wildman–Crippen MR) is 87.5 cm³/mol. The molecule has 1 aromatic carbocycles. The molecule has 1 saturated heterocycles. The van der Waals surface area contributed by atoms with Crippen LogP contribution in [0, 0.1) is 6.92 Å². The molecular weight excluding hydrogens is 258 g/mol. The topological polar surface area (TPSA) is 21.3 Å². The quantitative estimate of drug-likeness (QED) is 0.878. The van der Waals surface area contributed by atoms with Crippen LogP contribution < -0.4 is 5.32 Å². The third-order valence-corrected chi connectivity index (χ3v) is 5.33. The van der Waals surface area contributed by atoms with Crippen LogP contribution in [-0.2, 0) is 4.74 Å². The van der Waals surface area contributed by atoms with E-state index in [4.69, 9.17) is 4.74 Å². The lowest BCUT2D eigenvalue weighted by Crippen LogP contribution is -2.35. The average Bonchev–Trinajstić information content (AvgIpc) is 2.89. The average molecular weight is 287 g/mol. The number of rotatable bonds is 4. The first-order valence-corrected chi connectivity index (χ1v) is 8.65. The first-order chi connectivity index (χ1) is 10.2. The van der Waals surface area contributed by atoms with Gasteiger partial charge in [0.1, 0.15) is 0 Å². The molecule has 1 unspecified atom stereocenters. The summed E-state index contributed by atoms with van der Waals surface area (Å²) in [6.07, 6.45) is 9.62. The lowest BCUT2D eigenvalue weighted by molar-refractivity contribution is -0.0628. The van der Waals surface area contributed by atoms with Crippen molar-refractivity contribution in [1.82, 2.24) is 5.32 Å². The van der Waals surface area contributed by atoms with Gasteiger partial charge in [-0.2, -0.15) is 0 Å². The summed E-state index contributed by atoms with van der Waals surface area (Å²) in [5, 5.41) is 3.66. The van der Waals surface area contributed by atoms with Crippen molar-refractivity contribution in [2.75, 3.05) is 6.54 Å². The molecule has 0 radical (unpaired) electrons. The third-order valence-electron chi connectivity index (χ3n) is 5.33. The Balaban J connectivity index is 1.48. The largest absolute Gasteiger partial charge is 0.370 e. The fraction of sp³-hybridized carbons (Fsp3) is 0.684. The van der Waals surface area contributed by atoms with Crippen LogP contribution in [0.15, 0.2) is 24.3 Å². The van der Waals surface area contributed by atoms with Gasteiger partial charge in [-0.15, -0.1) is 0 Å². The highest BCUT2D eigenvalue weighted by molar-refractivity contribution is 5.23. The number of hydrogen-bond donors (Lipinski definition) is 1. The molecule has 0 amide bonds. The fourth-order valence-electron chi connectivity index (χ4n) is 3.88. The van der Waals surface area contributed by atoms with Gasteiger partial charge >= 0.3 is 0 Å². The standard InChI is InChI=1S/C19H29NO/c1-15-6-8-17(9-7-15)16(2)20-14-18-10-13-19(21-18)11-4-3-5-12-19/h6-9,16,18,20H,3-5,10-14H2,1-2H3/t16-,18?/m0/s1. The Morgan fingerprint density at radius 1 is 1.14 bits per heavy atom. The van der Waals surface area contributed by atoms with Crippen molar-refractivity contribution in [2.45, 2.75) is 76.5 Å². The van der Waals surface area contributed by atoms with Gasteiger partial charge in [-0.3, -0.25) is 0 Å². The molecule has 1 spiro atoms. The van der Waals surface area contributed by atoms with Crippen molar-refractivity contribution in [2.24, 2.45) is 0 Å². The van der Waals surface area contributed by atoms with E-state index < -0.39 is 0 Å². The summed E-state index contributed by atoms with van der Waals surface area (Å²) in [6.45, 7) is 5.37. The molecule has 0 bridgehead atoms. The molecule has 2 nitrogen and oxygen atoms in total. The van der Waals surface area contributed by atoms with E-state index in [2.05, 4.69) is 43.4 Å². The van der Waals surface area contributed by atoms with Gasteiger partial charge in [-0.05, 0) is 45.1 Å². The summed E-state index contributed by atoms with van der Waals surface area (Å²) in [5.41, 5.74) is 2.94. The smallest absolute Gasteiger partial charge is 0.0708 e. The number of benzene rings is 1. The van der Waals surface area contributed by atoms with Crippen LogP contribution >= 0.6 is 0 Å². The van der Waals surface area contributed by atoms with E-state index in [-0.39, 0.29) is 5.60 Å². The molecule has 1 heterocycles. The van der Waals surface area contributed by atoms with Gasteiger partial charge in [0, 0.05) is 12.6 Å². The van der Waals surface area contributed by atoms with E-state index in [1.165, 1.54) is 56.1 Å². The molecule has 3 rings (SSSR count). The maximum Gasteiger partial charge on any atom is 0.0708 e. The van der Waals surface area contributed by atoms with Crippen LogP contribution in [0.5, 0.6) is 0 Å². The maximum absolute atomic E-state index is 6.43. The lowest BCUT2D eigenvalue weighted by Gasteiger charge is -2.33. The van der Waals surface area contributed by atoms with Crippen molar-refractivity contribution in [3.05, 3.63) is 35.4 Å². The zero-order chi connectivity index (χ0) is 14.7. The number of aryl methyl sites for hydroxylation is 1. The first-order valence-electron chi connectivity index (χ1n) is 8.65. The zero-order valence-electron chi connectivity index (χ0n) is 13.5. The van der Waals surface area contributed by atoms with Gasteiger partial charge in [0.2, 0.25) is 0 Å². The van der Waals surface area contributed by atoms with Crippen LogP contribution in [0.25, 0.3) is 0 Å². The number of nitrogens with one attached hydrogen (secondary N) is 1. The molecule has 116 valence electrons. The Kier molecular flexibility index (Phi) is 4.66. The van der Waals surface area contributed by atoms with Crippen LogP contribution in [0.2, 0.25) is 0 Å². The second-order valence-electron chi connectivity index (χ2n) is 7.06. The predicted octanol–water partition coefficient (Wildman–Crippen LogP) is 4.53. The van der Waals surface area contributed by atoms with Crippen LogP contribution in [0.4, 0.5) is 0 Å². The molecule has 1 N–H and O–H groups in total. The van der Waals surface area contributed by atoms with Crippen LogP contribution in [0.1, 0.15) is 69.0 Å². The third kappa shape index (κ3) is 3.67. The SMILES string of the molecule is Cc1ccc([C@H](C)NCC2CCC3(CCCCC3)O2)cc1. The summed E-state index contributed by atoms with van der Waals surface area (Å²) in [6, 6.07) is 9.24. The Morgan fingerprint density at radius 3 is 2.57 bits per heavy atom. The fourth-order valence-corrected chi connectivity index (χ4v) is 3.88. The highest BCUT2D eigenvalue weighted by atomic mass is 16.5. The van der Waals surface area contributed by atoms with Gasteiger partial charge in [0.15, 0.2) is 0 Å². The van der Waals surface area contributed by atoms with Crippen LogP contribution in [0.3, 0.4) is 0 Å². The minimum atomic E-state index is 0.248. The number of hydrogen-bond acceptors (Lipinski definition) is 2. The molecule has 2 aliphatic rings. The molecule has 0 aromatic heterocycles. The van der Waals surface area contributed by atoms with E-state index >= 15 is 0 Å². The van der Waals surface area contributed by atoms with Crippen molar-refractivity contribution in [3.8, 4) is 0 Å². The molecule has 2 heteroatoms. The zero-order valence-corrected chi connectivity index (χ0v) is 13.5. The van der Waals surface area contributed by atoms with Crippen molar-refractivity contribution in [3.63, 3.8) is 0 Å². The van der Waals surface area contributed by atoms with Gasteiger partial charge in [-0.25, -0.2) is 0 Å². The molecule has 1 saturated carbocycles. The van der Waals surface area contributed by atoms with Gasteiger partial charge in [-0.1, -0.05) is 49.1 Å². The Labute approximate surface area is 129 Å². The van der Waals surface area contributed by atoms with Crippen molar-refractivity contribution in [1.29, 1.82) is 0 Å². The second-order valence-corrected chi connectivity index (χ2v) is 7.06. The second kappa shape index (κ2) is 6.50. The maximum atomic E-state index is 6.43. The molecular formula is C19H29NO. The molecule has 2 fully saturated rings. The Morgan fingerprint density at radius 2 is 1.86 bits per heavy atom. The molecule has 21 heavy (non-hydrogen) atoms. The van der Waals surface area contributed by atoms with Crippen molar-refractivity contribution >= 4 is 0 Å². The highest BCUT2D eigenvalue weighted by Crippen LogP contribution is 2.41. The molecule has 1 aliphatic carbocycles. The minimum Gasteiger partial charge on any atom is -0.370 e. The first kappa shape index (κ1) is 15.1. The normalized spacial score (nSPS) is 26.1. The van der Waals surface area contributed by atoms with Gasteiger partial charge in [0.05, 0.1) is 11.7 Å². The van der Waals surface area contributed by atoms with Gasteiger partial charge in [0.25, 0.3) is 0 Å². The molecule has 2 atom stereocenters. The van der Waals surface area contributed by atoms with E-state index in [0.29, 0.717) is 12.1 Å². The molecule has 1 aromatic rings. The van der Waals surface area contributed by atoms with E-state index in [9.17, 15) is 0 Å². The Bertz CT molecular complexity index is 447. The highest BCUT2D eigenvalue weighted by Gasteiger charge is 2.40. The van der Waals surface area contributed by atoms with Gasteiger partial charge < -0.3 is 10.1 Å². The molecule has 1 aliphatic heterocycles. The van der Waals surface area contributed by atoms with Crippen molar-refractivity contribution < 1.29 is 4.74 Å². The monoisotopic (exact) mass is 287 g/mol. The summed E-state index contributed by atoms with van der Waals surface area (Å²) in [5.74, 6) is 0. The van der Waals surface area contributed by atoms with E-state index in [1.807, 2.05) is 0 Å². The summed E-state index contributed by atoms with van der Waals surface area (Å²) < 4.78 is 6.43. The number of ether oxygens (including phenoxy) is 1.